The van der Waals surface area contributed by atoms with Crippen molar-refractivity contribution in [3.8, 4) is 0 Å². The van der Waals surface area contributed by atoms with Gasteiger partial charge < -0.3 is 4.57 Å². The zero-order valence-electron chi connectivity index (χ0n) is 7.81. The van der Waals surface area contributed by atoms with Crippen LogP contribution in [0.15, 0.2) is 30.5 Å². The molecule has 0 saturated heterocycles. The molecule has 0 amide bonds. The first kappa shape index (κ1) is 7.80. The highest BCUT2D eigenvalue weighted by molar-refractivity contribution is 5.97. The molecular formula is C12H11NO. The number of hydrogen-bond acceptors (Lipinski definition) is 1. The number of aldehydes is 1. The second kappa shape index (κ2) is 2.71. The molecule has 0 N–H and O–H groups in total. The molecule has 1 aromatic carbocycles. The first-order valence-electron chi connectivity index (χ1n) is 4.95. The van der Waals surface area contributed by atoms with Crippen LogP contribution >= 0.6 is 0 Å². The SMILES string of the molecule is O=Cc1cccc2c1ccn2C1CC1. The Labute approximate surface area is 82.1 Å². The molecule has 2 aromatic rings. The largest absolute Gasteiger partial charge is 0.344 e. The van der Waals surface area contributed by atoms with E-state index in [4.69, 9.17) is 0 Å². The van der Waals surface area contributed by atoms with Gasteiger partial charge in [0.2, 0.25) is 0 Å². The van der Waals surface area contributed by atoms with E-state index in [9.17, 15) is 4.79 Å². The fourth-order valence-electron chi connectivity index (χ4n) is 1.99. The van der Waals surface area contributed by atoms with Gasteiger partial charge in [0.25, 0.3) is 0 Å². The maximum Gasteiger partial charge on any atom is 0.150 e. The van der Waals surface area contributed by atoms with Gasteiger partial charge in [-0.2, -0.15) is 0 Å². The van der Waals surface area contributed by atoms with E-state index in [-0.39, 0.29) is 0 Å². The van der Waals surface area contributed by atoms with E-state index in [1.165, 1.54) is 18.4 Å². The van der Waals surface area contributed by atoms with Gasteiger partial charge >= 0.3 is 0 Å². The lowest BCUT2D eigenvalue weighted by Gasteiger charge is -2.02. The van der Waals surface area contributed by atoms with Crippen LogP contribution < -0.4 is 0 Å². The zero-order chi connectivity index (χ0) is 9.54. The van der Waals surface area contributed by atoms with Crippen molar-refractivity contribution in [3.05, 3.63) is 36.0 Å². The smallest absolute Gasteiger partial charge is 0.150 e. The molecule has 14 heavy (non-hydrogen) atoms. The van der Waals surface area contributed by atoms with Crippen LogP contribution in [0.1, 0.15) is 29.2 Å². The second-order valence-corrected chi connectivity index (χ2v) is 3.85. The topological polar surface area (TPSA) is 22.0 Å². The Morgan fingerprint density at radius 1 is 1.29 bits per heavy atom. The van der Waals surface area contributed by atoms with Gasteiger partial charge in [-0.3, -0.25) is 4.79 Å². The first-order valence-corrected chi connectivity index (χ1v) is 4.95. The lowest BCUT2D eigenvalue weighted by molar-refractivity contribution is 0.112. The fraction of sp³-hybridized carbons (Fsp3) is 0.250. The van der Waals surface area contributed by atoms with E-state index in [2.05, 4.69) is 16.8 Å². The summed E-state index contributed by atoms with van der Waals surface area (Å²) in [5.74, 6) is 0. The molecule has 0 aliphatic heterocycles. The van der Waals surface area contributed by atoms with E-state index in [0.29, 0.717) is 6.04 Å². The van der Waals surface area contributed by atoms with Crippen LogP contribution in [0.4, 0.5) is 0 Å². The molecule has 70 valence electrons. The van der Waals surface area contributed by atoms with E-state index >= 15 is 0 Å². The predicted molar refractivity (Wildman–Crippen MR) is 55.6 cm³/mol. The average Bonchev–Trinajstić information content (AvgIpc) is 2.97. The van der Waals surface area contributed by atoms with Gasteiger partial charge in [-0.1, -0.05) is 12.1 Å². The zero-order valence-corrected chi connectivity index (χ0v) is 7.81. The van der Waals surface area contributed by atoms with Crippen molar-refractivity contribution in [2.45, 2.75) is 18.9 Å². The molecule has 3 rings (SSSR count). The van der Waals surface area contributed by atoms with Crippen molar-refractivity contribution in [1.29, 1.82) is 0 Å². The van der Waals surface area contributed by atoms with Gasteiger partial charge in [0.05, 0.1) is 0 Å². The molecule has 1 saturated carbocycles. The van der Waals surface area contributed by atoms with Gasteiger partial charge in [0, 0.05) is 28.7 Å². The summed E-state index contributed by atoms with van der Waals surface area (Å²) in [6.07, 6.45) is 5.57. The lowest BCUT2D eigenvalue weighted by atomic mass is 10.1. The minimum Gasteiger partial charge on any atom is -0.344 e. The normalized spacial score (nSPS) is 16.0. The molecule has 2 heteroatoms. The molecule has 0 unspecified atom stereocenters. The summed E-state index contributed by atoms with van der Waals surface area (Å²) in [7, 11) is 0. The maximum atomic E-state index is 10.8. The van der Waals surface area contributed by atoms with Crippen molar-refractivity contribution in [1.82, 2.24) is 4.57 Å². The quantitative estimate of drug-likeness (QED) is 0.659. The number of aromatic nitrogens is 1. The van der Waals surface area contributed by atoms with Crippen LogP contribution in [0.5, 0.6) is 0 Å². The molecule has 1 fully saturated rings. The van der Waals surface area contributed by atoms with Gasteiger partial charge in [-0.25, -0.2) is 0 Å². The molecule has 1 aliphatic carbocycles. The number of carbonyl (C=O) groups is 1. The van der Waals surface area contributed by atoms with Gasteiger partial charge in [-0.05, 0) is 25.0 Å². The van der Waals surface area contributed by atoms with Crippen LogP contribution in [-0.2, 0) is 0 Å². The Morgan fingerprint density at radius 2 is 2.14 bits per heavy atom. The predicted octanol–water partition coefficient (Wildman–Crippen LogP) is 2.79. The van der Waals surface area contributed by atoms with Crippen molar-refractivity contribution < 1.29 is 4.79 Å². The Bertz CT molecular complexity index is 494. The number of fused-ring (bicyclic) bond motifs is 1. The Kier molecular flexibility index (Phi) is 1.51. The van der Waals surface area contributed by atoms with Crippen molar-refractivity contribution in [2.24, 2.45) is 0 Å². The highest BCUT2D eigenvalue weighted by Crippen LogP contribution is 2.37. The summed E-state index contributed by atoms with van der Waals surface area (Å²) in [5, 5.41) is 1.08. The summed E-state index contributed by atoms with van der Waals surface area (Å²) < 4.78 is 2.28. The molecular weight excluding hydrogens is 174 g/mol. The monoisotopic (exact) mass is 185 g/mol. The second-order valence-electron chi connectivity index (χ2n) is 3.85. The van der Waals surface area contributed by atoms with E-state index in [0.717, 1.165) is 17.2 Å². The highest BCUT2D eigenvalue weighted by Gasteiger charge is 2.24. The minimum absolute atomic E-state index is 0.675. The van der Waals surface area contributed by atoms with Crippen LogP contribution in [0.2, 0.25) is 0 Å². The average molecular weight is 185 g/mol. The van der Waals surface area contributed by atoms with Crippen LogP contribution in [0, 0.1) is 0 Å². The number of rotatable bonds is 2. The Morgan fingerprint density at radius 3 is 2.86 bits per heavy atom. The molecule has 2 nitrogen and oxygen atoms in total. The summed E-state index contributed by atoms with van der Waals surface area (Å²) in [4.78, 5) is 10.8. The number of carbonyl (C=O) groups excluding carboxylic acids is 1. The van der Waals surface area contributed by atoms with Gasteiger partial charge in [0.15, 0.2) is 6.29 Å². The third kappa shape index (κ3) is 1.00. The summed E-state index contributed by atoms with van der Waals surface area (Å²) in [6.45, 7) is 0. The number of benzene rings is 1. The molecule has 0 atom stereocenters. The molecule has 1 aliphatic rings. The van der Waals surface area contributed by atoms with Gasteiger partial charge in [-0.15, -0.1) is 0 Å². The highest BCUT2D eigenvalue weighted by atomic mass is 16.1. The molecule has 1 heterocycles. The number of nitrogens with zero attached hydrogens (tertiary/aromatic N) is 1. The molecule has 0 spiro atoms. The van der Waals surface area contributed by atoms with E-state index < -0.39 is 0 Å². The van der Waals surface area contributed by atoms with Crippen LogP contribution in [0.25, 0.3) is 10.9 Å². The standard InChI is InChI=1S/C12H11NO/c14-8-9-2-1-3-12-11(9)6-7-13(12)10-4-5-10/h1-3,6-8,10H,4-5H2. The third-order valence-corrected chi connectivity index (χ3v) is 2.86. The minimum atomic E-state index is 0.675. The van der Waals surface area contributed by atoms with Crippen LogP contribution in [0.3, 0.4) is 0 Å². The summed E-state index contributed by atoms with van der Waals surface area (Å²) in [5.41, 5.74) is 1.99. The Balaban J connectivity index is 2.30. The first-order chi connectivity index (χ1) is 6.90. The van der Waals surface area contributed by atoms with Gasteiger partial charge in [0.1, 0.15) is 0 Å². The Hall–Kier alpha value is -1.57. The van der Waals surface area contributed by atoms with Crippen molar-refractivity contribution in [3.63, 3.8) is 0 Å². The third-order valence-electron chi connectivity index (χ3n) is 2.86. The lowest BCUT2D eigenvalue weighted by Crippen LogP contribution is -1.90. The summed E-state index contributed by atoms with van der Waals surface area (Å²) in [6, 6.07) is 8.62. The van der Waals surface area contributed by atoms with E-state index in [1.54, 1.807) is 0 Å². The molecule has 0 radical (unpaired) electrons. The fourth-order valence-corrected chi connectivity index (χ4v) is 1.99. The van der Waals surface area contributed by atoms with E-state index in [1.807, 2.05) is 18.2 Å². The molecule has 1 aromatic heterocycles. The summed E-state index contributed by atoms with van der Waals surface area (Å²) >= 11 is 0. The molecule has 0 bridgehead atoms. The van der Waals surface area contributed by atoms with Crippen LogP contribution in [-0.4, -0.2) is 10.9 Å². The number of hydrogen-bond donors (Lipinski definition) is 0. The maximum absolute atomic E-state index is 10.8. The van der Waals surface area contributed by atoms with Crippen molar-refractivity contribution >= 4 is 17.2 Å². The van der Waals surface area contributed by atoms with Crippen molar-refractivity contribution in [2.75, 3.05) is 0 Å².